The summed E-state index contributed by atoms with van der Waals surface area (Å²) in [6.07, 6.45) is 2.34. The van der Waals surface area contributed by atoms with Crippen molar-refractivity contribution in [3.8, 4) is 61.6 Å². The zero-order valence-corrected chi connectivity index (χ0v) is 32.6. The first-order valence-corrected chi connectivity index (χ1v) is 20.4. The van der Waals surface area contributed by atoms with Gasteiger partial charge in [0.15, 0.2) is 0 Å². The third kappa shape index (κ3) is 5.55. The maximum absolute atomic E-state index is 6.85. The molecule has 1 aliphatic rings. The van der Waals surface area contributed by atoms with Gasteiger partial charge in [-0.15, -0.1) is 0 Å². The normalized spacial score (nSPS) is 12.0. The van der Waals surface area contributed by atoms with Gasteiger partial charge in [0, 0.05) is 27.6 Å². The molecule has 0 spiro atoms. The van der Waals surface area contributed by atoms with Crippen molar-refractivity contribution in [2.24, 2.45) is 0 Å². The molecular formula is C57H36N2O. The first-order chi connectivity index (χ1) is 29.7. The zero-order chi connectivity index (χ0) is 39.6. The first-order valence-electron chi connectivity index (χ1n) is 20.4. The van der Waals surface area contributed by atoms with Crippen LogP contribution in [0, 0.1) is 0 Å². The van der Waals surface area contributed by atoms with Crippen LogP contribution in [0.1, 0.15) is 16.7 Å². The van der Waals surface area contributed by atoms with Gasteiger partial charge in [-0.1, -0.05) is 170 Å². The Bertz CT molecular complexity index is 3360. The number of furan rings is 1. The summed E-state index contributed by atoms with van der Waals surface area (Å²) in [6, 6.07) is 75.6. The third-order valence-electron chi connectivity index (χ3n) is 12.0. The monoisotopic (exact) mass is 764 g/mol. The van der Waals surface area contributed by atoms with Crippen LogP contribution in [0.2, 0.25) is 0 Å². The third-order valence-corrected chi connectivity index (χ3v) is 12.0. The Balaban J connectivity index is 0.991. The number of hydrogen-bond donors (Lipinski definition) is 0. The van der Waals surface area contributed by atoms with E-state index in [9.17, 15) is 0 Å². The van der Waals surface area contributed by atoms with Gasteiger partial charge in [0.2, 0.25) is 0 Å². The van der Waals surface area contributed by atoms with Crippen molar-refractivity contribution in [3.05, 3.63) is 229 Å². The van der Waals surface area contributed by atoms with Crippen LogP contribution >= 0.6 is 0 Å². The Labute approximate surface area is 347 Å². The summed E-state index contributed by atoms with van der Waals surface area (Å²) >= 11 is 0. The predicted octanol–water partition coefficient (Wildman–Crippen LogP) is 15.2. The van der Waals surface area contributed by atoms with Crippen molar-refractivity contribution in [2.45, 2.75) is 0 Å². The van der Waals surface area contributed by atoms with Gasteiger partial charge >= 0.3 is 0 Å². The summed E-state index contributed by atoms with van der Waals surface area (Å²) < 4.78 is 9.10. The second-order valence-corrected chi connectivity index (χ2v) is 15.5. The number of aromatic nitrogens is 2. The molecule has 0 bridgehead atoms. The molecule has 2 aromatic heterocycles. The number of hydrogen-bond acceptors (Lipinski definition) is 2. The summed E-state index contributed by atoms with van der Waals surface area (Å²) in [7, 11) is 0. The lowest BCUT2D eigenvalue weighted by Gasteiger charge is -2.10. The molecule has 1 aliphatic carbocycles. The van der Waals surface area contributed by atoms with E-state index in [1.165, 1.54) is 50.1 Å². The van der Waals surface area contributed by atoms with Crippen molar-refractivity contribution in [3.63, 3.8) is 0 Å². The SMILES string of the molecule is C(=C1c2cc(-c3ccccc3)ccc2-c2ccc(-c3ccccc3)cc21)c1cccc2c1oc1cccc(-c3ccc(-c4nc5ccccc5n4-c4ccccc4)cc3)c12. The van der Waals surface area contributed by atoms with Gasteiger partial charge < -0.3 is 4.42 Å². The average Bonchev–Trinajstić information content (AvgIpc) is 4.00. The van der Waals surface area contributed by atoms with Crippen LogP contribution in [-0.2, 0) is 0 Å². The molecule has 0 radical (unpaired) electrons. The number of fused-ring (bicyclic) bond motifs is 7. The van der Waals surface area contributed by atoms with E-state index in [1.807, 2.05) is 12.1 Å². The van der Waals surface area contributed by atoms with E-state index in [1.54, 1.807) is 0 Å². The average molecular weight is 765 g/mol. The van der Waals surface area contributed by atoms with Gasteiger partial charge in [-0.25, -0.2) is 4.98 Å². The minimum Gasteiger partial charge on any atom is -0.455 e. The zero-order valence-electron chi connectivity index (χ0n) is 32.6. The molecule has 0 unspecified atom stereocenters. The quantitative estimate of drug-likeness (QED) is 0.169. The lowest BCUT2D eigenvalue weighted by Crippen LogP contribution is -1.97. The van der Waals surface area contributed by atoms with Gasteiger partial charge in [0.05, 0.1) is 11.0 Å². The highest BCUT2D eigenvalue weighted by molar-refractivity contribution is 6.16. The van der Waals surface area contributed by atoms with E-state index >= 15 is 0 Å². The van der Waals surface area contributed by atoms with Crippen molar-refractivity contribution < 1.29 is 4.42 Å². The Hall–Kier alpha value is -8.01. The van der Waals surface area contributed by atoms with E-state index in [2.05, 4.69) is 211 Å². The number of nitrogens with zero attached hydrogens (tertiary/aromatic N) is 2. The molecule has 0 amide bonds. The minimum atomic E-state index is 0.869. The molecule has 0 atom stereocenters. The Morgan fingerprint density at radius 2 is 1.00 bits per heavy atom. The number of imidazole rings is 1. The fourth-order valence-electron chi connectivity index (χ4n) is 9.16. The van der Waals surface area contributed by atoms with E-state index in [4.69, 9.17) is 9.40 Å². The van der Waals surface area contributed by atoms with Gasteiger partial charge in [-0.2, -0.15) is 0 Å². The van der Waals surface area contributed by atoms with Crippen molar-refractivity contribution in [1.29, 1.82) is 0 Å². The first kappa shape index (κ1) is 34.1. The molecule has 2 heterocycles. The summed E-state index contributed by atoms with van der Waals surface area (Å²) in [4.78, 5) is 5.11. The van der Waals surface area contributed by atoms with Gasteiger partial charge in [0.1, 0.15) is 17.0 Å². The van der Waals surface area contributed by atoms with Crippen LogP contribution in [0.4, 0.5) is 0 Å². The number of rotatable bonds is 6. The lowest BCUT2D eigenvalue weighted by atomic mass is 9.95. The van der Waals surface area contributed by atoms with E-state index < -0.39 is 0 Å². The van der Waals surface area contributed by atoms with Crippen LogP contribution in [0.25, 0.3) is 106 Å². The van der Waals surface area contributed by atoms with Crippen LogP contribution < -0.4 is 0 Å². The molecule has 0 fully saturated rings. The Morgan fingerprint density at radius 1 is 0.417 bits per heavy atom. The molecule has 0 saturated carbocycles. The van der Waals surface area contributed by atoms with Crippen molar-refractivity contribution in [2.75, 3.05) is 0 Å². The second kappa shape index (κ2) is 13.8. The number of para-hydroxylation sites is 4. The Kier molecular flexibility index (Phi) is 7.85. The standard InChI is InChI=1S/C57H36N2O/c1-4-14-37(15-5-1)41-30-32-46-47-33-31-42(38-16-6-2-7-17-38)35-50(47)51(49(46)34-41)36-43-18-12-22-48-55-45(21-13-25-54(55)60-56(43)48)39-26-28-40(29-27-39)57-58-52-23-10-11-24-53(52)59(57)44-19-8-3-9-20-44/h1-36H. The predicted molar refractivity (Wildman–Crippen MR) is 249 cm³/mol. The number of benzene rings is 9. The molecule has 9 aromatic carbocycles. The van der Waals surface area contributed by atoms with Gasteiger partial charge in [-0.3, -0.25) is 4.57 Å². The maximum atomic E-state index is 6.85. The Morgan fingerprint density at radius 3 is 1.68 bits per heavy atom. The van der Waals surface area contributed by atoms with Crippen LogP contribution in [-0.4, -0.2) is 9.55 Å². The van der Waals surface area contributed by atoms with Crippen LogP contribution in [0.5, 0.6) is 0 Å². The molecule has 280 valence electrons. The van der Waals surface area contributed by atoms with Crippen molar-refractivity contribution in [1.82, 2.24) is 9.55 Å². The molecular weight excluding hydrogens is 729 g/mol. The lowest BCUT2D eigenvalue weighted by molar-refractivity contribution is 0.668. The molecule has 3 nitrogen and oxygen atoms in total. The summed E-state index contributed by atoms with van der Waals surface area (Å²) in [5, 5.41) is 2.21. The summed E-state index contributed by atoms with van der Waals surface area (Å²) in [5.74, 6) is 0.917. The van der Waals surface area contributed by atoms with E-state index in [0.29, 0.717) is 0 Å². The van der Waals surface area contributed by atoms with Crippen molar-refractivity contribution >= 4 is 44.6 Å². The molecule has 60 heavy (non-hydrogen) atoms. The fourth-order valence-corrected chi connectivity index (χ4v) is 9.16. The van der Waals surface area contributed by atoms with Gasteiger partial charge in [0.25, 0.3) is 0 Å². The highest BCUT2D eigenvalue weighted by atomic mass is 16.3. The minimum absolute atomic E-state index is 0.869. The highest BCUT2D eigenvalue weighted by Gasteiger charge is 2.26. The molecule has 3 heteroatoms. The topological polar surface area (TPSA) is 31.0 Å². The summed E-state index contributed by atoms with van der Waals surface area (Å²) in [6.45, 7) is 0. The van der Waals surface area contributed by atoms with Gasteiger partial charge in [-0.05, 0) is 110 Å². The fraction of sp³-hybridized carbons (Fsp3) is 0. The summed E-state index contributed by atoms with van der Waals surface area (Å²) in [5.41, 5.74) is 20.2. The molecule has 0 saturated heterocycles. The maximum Gasteiger partial charge on any atom is 0.145 e. The van der Waals surface area contributed by atoms with Crippen LogP contribution in [0.15, 0.2) is 217 Å². The highest BCUT2D eigenvalue weighted by Crippen LogP contribution is 2.49. The smallest absolute Gasteiger partial charge is 0.145 e. The van der Waals surface area contributed by atoms with E-state index in [0.717, 1.165) is 66.7 Å². The molecule has 0 aliphatic heterocycles. The molecule has 12 rings (SSSR count). The molecule has 0 N–H and O–H groups in total. The van der Waals surface area contributed by atoms with E-state index in [-0.39, 0.29) is 0 Å². The second-order valence-electron chi connectivity index (χ2n) is 15.5. The molecule has 11 aromatic rings. The van der Waals surface area contributed by atoms with Crippen LogP contribution in [0.3, 0.4) is 0 Å². The largest absolute Gasteiger partial charge is 0.455 e.